The van der Waals surface area contributed by atoms with Crippen molar-refractivity contribution in [3.05, 3.63) is 92.3 Å². The quantitative estimate of drug-likeness (QED) is 0.330. The number of hydrogen-bond acceptors (Lipinski definition) is 7. The van der Waals surface area contributed by atoms with Gasteiger partial charge in [-0.1, -0.05) is 80.3 Å². The average molecular weight is 496 g/mol. The molecule has 0 fully saturated rings. The molecule has 0 spiro atoms. The van der Waals surface area contributed by atoms with Crippen LogP contribution in [0.15, 0.2) is 60.7 Å². The van der Waals surface area contributed by atoms with Gasteiger partial charge in [-0.3, -0.25) is 14.9 Å². The molecule has 9 heteroatoms. The third-order valence-electron chi connectivity index (χ3n) is 5.39. The molecule has 7 nitrogen and oxygen atoms in total. The Morgan fingerprint density at radius 2 is 1.68 bits per heavy atom. The number of nitrogens with zero attached hydrogens (tertiary/aromatic N) is 1. The van der Waals surface area contributed by atoms with Crippen LogP contribution in [-0.4, -0.2) is 23.4 Å². The summed E-state index contributed by atoms with van der Waals surface area (Å²) in [6, 6.07) is 19.0. The predicted molar refractivity (Wildman–Crippen MR) is 138 cm³/mol. The summed E-state index contributed by atoms with van der Waals surface area (Å²) >= 11 is 2.35. The lowest BCUT2D eigenvalue weighted by atomic mass is 9.86. The van der Waals surface area contributed by atoms with Crippen molar-refractivity contribution in [2.75, 3.05) is 7.11 Å². The van der Waals surface area contributed by atoms with E-state index in [4.69, 9.17) is 4.74 Å². The van der Waals surface area contributed by atoms with Crippen LogP contribution in [0.25, 0.3) is 10.6 Å². The molecule has 34 heavy (non-hydrogen) atoms. The number of ether oxygens (including phenoxy) is 1. The molecule has 0 bridgehead atoms. The van der Waals surface area contributed by atoms with E-state index in [-0.39, 0.29) is 16.3 Å². The molecule has 1 aliphatic rings. The zero-order valence-electron chi connectivity index (χ0n) is 19.2. The second-order valence-electron chi connectivity index (χ2n) is 8.77. The third kappa shape index (κ3) is 5.10. The van der Waals surface area contributed by atoms with E-state index in [0.29, 0.717) is 4.88 Å². The van der Waals surface area contributed by atoms with Gasteiger partial charge in [0, 0.05) is 11.0 Å². The van der Waals surface area contributed by atoms with Gasteiger partial charge in [0.1, 0.15) is 5.75 Å². The van der Waals surface area contributed by atoms with Crippen molar-refractivity contribution in [2.24, 2.45) is 0 Å². The zero-order valence-corrected chi connectivity index (χ0v) is 20.9. The van der Waals surface area contributed by atoms with Crippen LogP contribution in [0.5, 0.6) is 5.75 Å². The van der Waals surface area contributed by atoms with Gasteiger partial charge in [0.15, 0.2) is 5.50 Å². The molecule has 0 radical (unpaired) electrons. The van der Waals surface area contributed by atoms with E-state index < -0.39 is 10.4 Å². The summed E-state index contributed by atoms with van der Waals surface area (Å²) in [5.74, 6) is 0.405. The molecule has 2 heterocycles. The number of hydrogen-bond donors (Lipinski definition) is 2. The first-order valence-electron chi connectivity index (χ1n) is 10.6. The normalized spacial score (nSPS) is 15.7. The summed E-state index contributed by atoms with van der Waals surface area (Å²) in [5.41, 5.74) is 3.77. The van der Waals surface area contributed by atoms with E-state index in [1.165, 1.54) is 29.5 Å². The van der Waals surface area contributed by atoms with Crippen LogP contribution >= 0.6 is 23.1 Å². The van der Waals surface area contributed by atoms with Crippen LogP contribution in [0.3, 0.4) is 0 Å². The van der Waals surface area contributed by atoms with Crippen molar-refractivity contribution in [3.63, 3.8) is 0 Å². The molecule has 2 aromatic carbocycles. The van der Waals surface area contributed by atoms with Crippen LogP contribution in [0, 0.1) is 10.1 Å². The number of thiophene rings is 1. The second-order valence-corrected chi connectivity index (χ2v) is 10.9. The minimum Gasteiger partial charge on any atom is -0.497 e. The number of carbonyl (C=O) groups excluding carboxylic acids is 1. The summed E-state index contributed by atoms with van der Waals surface area (Å²) in [4.78, 5) is 24.5. The van der Waals surface area contributed by atoms with Gasteiger partial charge in [-0.05, 0) is 40.3 Å². The van der Waals surface area contributed by atoms with Crippen LogP contribution in [0.4, 0.5) is 5.00 Å². The molecule has 0 aliphatic carbocycles. The lowest BCUT2D eigenvalue weighted by Crippen LogP contribution is -2.39. The first-order chi connectivity index (χ1) is 16.2. The molecule has 3 aromatic rings. The van der Waals surface area contributed by atoms with Gasteiger partial charge in [-0.15, -0.1) is 0 Å². The van der Waals surface area contributed by atoms with Crippen LogP contribution < -0.4 is 15.4 Å². The molecule has 0 saturated carbocycles. The molecular weight excluding hydrogens is 470 g/mol. The largest absolute Gasteiger partial charge is 0.497 e. The number of amides is 1. The Morgan fingerprint density at radius 3 is 2.24 bits per heavy atom. The van der Waals surface area contributed by atoms with Crippen molar-refractivity contribution in [3.8, 4) is 5.75 Å². The van der Waals surface area contributed by atoms with Gasteiger partial charge in [0.25, 0.3) is 5.91 Å². The summed E-state index contributed by atoms with van der Waals surface area (Å²) in [6.07, 6.45) is 0. The lowest BCUT2D eigenvalue weighted by Gasteiger charge is -2.19. The molecule has 1 amide bonds. The fraction of sp³-hybridized carbons (Fsp3) is 0.240. The average Bonchev–Trinajstić information content (AvgIpc) is 3.47. The molecular formula is C25H25N3O4S2. The van der Waals surface area contributed by atoms with Gasteiger partial charge in [0.05, 0.1) is 22.6 Å². The number of benzene rings is 2. The Labute approximate surface area is 206 Å². The van der Waals surface area contributed by atoms with E-state index in [0.717, 1.165) is 38.8 Å². The maximum atomic E-state index is 12.7. The number of thioether (sulfide) groups is 1. The fourth-order valence-corrected chi connectivity index (χ4v) is 5.38. The first-order valence-corrected chi connectivity index (χ1v) is 12.3. The number of nitro groups is 1. The van der Waals surface area contributed by atoms with E-state index in [1.807, 2.05) is 24.3 Å². The molecule has 1 aromatic heterocycles. The van der Waals surface area contributed by atoms with Crippen molar-refractivity contribution in [1.82, 2.24) is 10.6 Å². The molecule has 1 unspecified atom stereocenters. The Bertz CT molecular complexity index is 1240. The van der Waals surface area contributed by atoms with Crippen LogP contribution in [-0.2, 0) is 5.41 Å². The van der Waals surface area contributed by atoms with E-state index in [2.05, 4.69) is 55.7 Å². The monoisotopic (exact) mass is 495 g/mol. The highest BCUT2D eigenvalue weighted by atomic mass is 32.2. The Balaban J connectivity index is 1.61. The zero-order chi connectivity index (χ0) is 24.5. The van der Waals surface area contributed by atoms with E-state index in [1.54, 1.807) is 7.11 Å². The molecule has 1 aliphatic heterocycles. The Kier molecular flexibility index (Phi) is 6.67. The number of rotatable bonds is 6. The number of methoxy groups -OCH3 is 1. The van der Waals surface area contributed by atoms with Gasteiger partial charge in [-0.25, -0.2) is 0 Å². The third-order valence-corrected chi connectivity index (χ3v) is 7.57. The topological polar surface area (TPSA) is 93.5 Å². The van der Waals surface area contributed by atoms with Crippen LogP contribution in [0.1, 0.15) is 47.1 Å². The van der Waals surface area contributed by atoms with Gasteiger partial charge in [-0.2, -0.15) is 0 Å². The number of carbonyl (C=O) groups is 1. The van der Waals surface area contributed by atoms with Crippen molar-refractivity contribution >= 4 is 44.6 Å². The molecule has 0 saturated heterocycles. The summed E-state index contributed by atoms with van der Waals surface area (Å²) in [6.45, 7) is 6.52. The molecule has 4 rings (SSSR count). The Hall–Kier alpha value is -3.30. The highest BCUT2D eigenvalue weighted by molar-refractivity contribution is 8.09. The minimum atomic E-state index is -0.493. The maximum absolute atomic E-state index is 12.7. The fourth-order valence-electron chi connectivity index (χ4n) is 3.51. The lowest BCUT2D eigenvalue weighted by molar-refractivity contribution is -0.380. The van der Waals surface area contributed by atoms with Crippen molar-refractivity contribution in [1.29, 1.82) is 0 Å². The molecule has 2 N–H and O–H groups in total. The van der Waals surface area contributed by atoms with Crippen molar-refractivity contribution in [2.45, 2.75) is 31.7 Å². The summed E-state index contributed by atoms with van der Waals surface area (Å²) in [5, 5.41) is 17.3. The Morgan fingerprint density at radius 1 is 1.03 bits per heavy atom. The van der Waals surface area contributed by atoms with Crippen molar-refractivity contribution < 1.29 is 14.5 Å². The van der Waals surface area contributed by atoms with Gasteiger partial charge >= 0.3 is 5.00 Å². The van der Waals surface area contributed by atoms with E-state index in [9.17, 15) is 14.9 Å². The smallest absolute Gasteiger partial charge is 0.324 e. The van der Waals surface area contributed by atoms with Gasteiger partial charge in [0.2, 0.25) is 0 Å². The summed E-state index contributed by atoms with van der Waals surface area (Å²) < 4.78 is 5.29. The van der Waals surface area contributed by atoms with E-state index >= 15 is 0 Å². The highest BCUT2D eigenvalue weighted by Crippen LogP contribution is 2.42. The predicted octanol–water partition coefficient (Wildman–Crippen LogP) is 5.84. The first kappa shape index (κ1) is 23.8. The number of nitrogens with one attached hydrogen (secondary N) is 2. The second kappa shape index (κ2) is 9.52. The SMILES string of the molecule is COc1ccc(C2=C(c3ccc(C(C)(C)C)cc3)NC(NC(=O)c3ccc([N+](=O)[O-])s3)S2)cc1. The summed E-state index contributed by atoms with van der Waals surface area (Å²) in [7, 11) is 1.63. The van der Waals surface area contributed by atoms with Crippen LogP contribution in [0.2, 0.25) is 0 Å². The minimum absolute atomic E-state index is 0.0450. The highest BCUT2D eigenvalue weighted by Gasteiger charge is 2.29. The maximum Gasteiger partial charge on any atom is 0.324 e. The standard InChI is InChI=1S/C25H25N3O4S2/c1-25(2,3)17-9-5-15(6-10-17)21-22(16-7-11-18(32-4)12-8-16)34-24(26-21)27-23(29)19-13-14-20(33-19)28(30)31/h5-14,24,26H,1-4H3,(H,27,29). The molecule has 176 valence electrons. The van der Waals surface area contributed by atoms with Gasteiger partial charge < -0.3 is 15.4 Å². The molecule has 1 atom stereocenters.